The Hall–Kier alpha value is -1.70. The molecule has 1 aromatic rings. The van der Waals surface area contributed by atoms with Gasteiger partial charge in [-0.3, -0.25) is 14.5 Å². The summed E-state index contributed by atoms with van der Waals surface area (Å²) in [5, 5.41) is 0.439. The van der Waals surface area contributed by atoms with Crippen LogP contribution in [0, 0.1) is 0 Å². The Morgan fingerprint density at radius 3 is 2.10 bits per heavy atom. The van der Waals surface area contributed by atoms with Gasteiger partial charge in [0.25, 0.3) is 0 Å². The number of hydrogen-bond donors (Lipinski definition) is 3. The highest BCUT2D eigenvalue weighted by molar-refractivity contribution is 7.80. The molecule has 8 heteroatoms. The van der Waals surface area contributed by atoms with Crippen LogP contribution in [-0.2, 0) is 16.1 Å². The van der Waals surface area contributed by atoms with Crippen LogP contribution in [0.3, 0.4) is 0 Å². The first kappa shape index (κ1) is 16.4. The van der Waals surface area contributed by atoms with E-state index in [1.54, 1.807) is 18.2 Å². The van der Waals surface area contributed by atoms with Crippen molar-refractivity contribution in [1.29, 1.82) is 0 Å². The molecule has 0 spiro atoms. The summed E-state index contributed by atoms with van der Waals surface area (Å²) in [5.74, 6) is -1.11. The van der Waals surface area contributed by atoms with Gasteiger partial charge in [0.05, 0.1) is 13.1 Å². The predicted molar refractivity (Wildman–Crippen MR) is 81.0 cm³/mol. The van der Waals surface area contributed by atoms with Crippen LogP contribution in [0.5, 0.6) is 0 Å². The molecular weight excluding hydrogens is 300 g/mol. The zero-order valence-corrected chi connectivity index (χ0v) is 12.2. The SMILES string of the molecule is NC(=O)CN(CC(N)=O)Cc1ccc(C(N)=S)cc1Cl. The van der Waals surface area contributed by atoms with E-state index < -0.39 is 11.8 Å². The average Bonchev–Trinajstić information content (AvgIpc) is 2.29. The van der Waals surface area contributed by atoms with E-state index in [0.717, 1.165) is 0 Å². The molecule has 6 N–H and O–H groups in total. The van der Waals surface area contributed by atoms with Crippen LogP contribution in [0.25, 0.3) is 0 Å². The normalized spacial score (nSPS) is 10.5. The zero-order valence-electron chi connectivity index (χ0n) is 10.6. The monoisotopic (exact) mass is 314 g/mol. The van der Waals surface area contributed by atoms with Crippen molar-refractivity contribution in [3.63, 3.8) is 0 Å². The van der Waals surface area contributed by atoms with E-state index in [4.69, 9.17) is 41.0 Å². The summed E-state index contributed by atoms with van der Waals surface area (Å²) >= 11 is 11.0. The van der Waals surface area contributed by atoms with Gasteiger partial charge in [-0.15, -0.1) is 0 Å². The topological polar surface area (TPSA) is 115 Å². The van der Waals surface area contributed by atoms with E-state index >= 15 is 0 Å². The highest BCUT2D eigenvalue weighted by Crippen LogP contribution is 2.19. The van der Waals surface area contributed by atoms with Gasteiger partial charge in [0.15, 0.2) is 0 Å². The molecule has 20 heavy (non-hydrogen) atoms. The quantitative estimate of drug-likeness (QED) is 0.600. The van der Waals surface area contributed by atoms with E-state index in [9.17, 15) is 9.59 Å². The number of nitrogens with two attached hydrogens (primary N) is 3. The third-order valence-corrected chi connectivity index (χ3v) is 3.08. The molecule has 0 aliphatic rings. The molecule has 0 saturated heterocycles. The molecule has 0 aromatic heterocycles. The van der Waals surface area contributed by atoms with Gasteiger partial charge in [0, 0.05) is 17.1 Å². The molecule has 0 aliphatic heterocycles. The molecule has 108 valence electrons. The molecule has 0 atom stereocenters. The van der Waals surface area contributed by atoms with Crippen LogP contribution in [0.4, 0.5) is 0 Å². The number of nitrogens with zero attached hydrogens (tertiary/aromatic N) is 1. The number of hydrogen-bond acceptors (Lipinski definition) is 4. The second-order valence-electron chi connectivity index (χ2n) is 4.25. The fraction of sp³-hybridized carbons (Fsp3) is 0.250. The third kappa shape index (κ3) is 5.12. The van der Waals surface area contributed by atoms with E-state index in [2.05, 4.69) is 0 Å². The standard InChI is InChI=1S/C12H15ClN4O2S/c13-9-3-7(12(16)20)1-2-8(9)4-17(5-10(14)18)6-11(15)19/h1-3H,4-6H2,(H2,14,18)(H2,15,19)(H2,16,20). The first-order chi connectivity index (χ1) is 9.29. The van der Waals surface area contributed by atoms with Crippen molar-refractivity contribution in [2.75, 3.05) is 13.1 Å². The van der Waals surface area contributed by atoms with Gasteiger partial charge < -0.3 is 17.2 Å². The van der Waals surface area contributed by atoms with E-state index in [-0.39, 0.29) is 24.6 Å². The number of primary amides is 2. The minimum absolute atomic E-state index is 0.0870. The summed E-state index contributed by atoms with van der Waals surface area (Å²) in [6.45, 7) is 0.0922. The molecule has 0 unspecified atom stereocenters. The highest BCUT2D eigenvalue weighted by Gasteiger charge is 2.14. The molecule has 0 bridgehead atoms. The second-order valence-corrected chi connectivity index (χ2v) is 5.10. The van der Waals surface area contributed by atoms with Gasteiger partial charge in [0.2, 0.25) is 11.8 Å². The lowest BCUT2D eigenvalue weighted by atomic mass is 10.1. The molecule has 0 fully saturated rings. The molecule has 6 nitrogen and oxygen atoms in total. The molecule has 1 aromatic carbocycles. The fourth-order valence-electron chi connectivity index (χ4n) is 1.68. The summed E-state index contributed by atoms with van der Waals surface area (Å²) in [7, 11) is 0. The Morgan fingerprint density at radius 2 is 1.70 bits per heavy atom. The molecule has 0 radical (unpaired) electrons. The largest absolute Gasteiger partial charge is 0.389 e. The molecule has 0 heterocycles. The Kier molecular flexibility index (Phi) is 5.87. The van der Waals surface area contributed by atoms with Crippen LogP contribution < -0.4 is 17.2 Å². The van der Waals surface area contributed by atoms with Crippen molar-refractivity contribution in [2.24, 2.45) is 17.2 Å². The summed E-state index contributed by atoms with van der Waals surface area (Å²) in [5.41, 5.74) is 17.1. The molecule has 0 saturated carbocycles. The smallest absolute Gasteiger partial charge is 0.231 e. The second kappa shape index (κ2) is 7.18. The number of rotatable bonds is 7. The Bertz CT molecular complexity index is 534. The van der Waals surface area contributed by atoms with Gasteiger partial charge in [-0.25, -0.2) is 0 Å². The number of thiocarbonyl (C=S) groups is 1. The van der Waals surface area contributed by atoms with E-state index in [1.807, 2.05) is 0 Å². The van der Waals surface area contributed by atoms with Crippen LogP contribution in [-0.4, -0.2) is 34.8 Å². The predicted octanol–water partition coefficient (Wildman–Crippen LogP) is -0.253. The Morgan fingerprint density at radius 1 is 1.15 bits per heavy atom. The molecule has 0 aliphatic carbocycles. The lowest BCUT2D eigenvalue weighted by molar-refractivity contribution is -0.122. The van der Waals surface area contributed by atoms with Gasteiger partial charge in [-0.1, -0.05) is 36.0 Å². The first-order valence-corrected chi connectivity index (χ1v) is 6.45. The lowest BCUT2D eigenvalue weighted by Gasteiger charge is -2.19. The highest BCUT2D eigenvalue weighted by atomic mass is 35.5. The number of carbonyl (C=O) groups is 2. The maximum absolute atomic E-state index is 11.0. The number of amides is 2. The summed E-state index contributed by atoms with van der Waals surface area (Å²) in [4.78, 5) is 23.7. The van der Waals surface area contributed by atoms with Crippen molar-refractivity contribution in [3.8, 4) is 0 Å². The van der Waals surface area contributed by atoms with Crippen molar-refractivity contribution in [3.05, 3.63) is 34.3 Å². The molecule has 2 amide bonds. The lowest BCUT2D eigenvalue weighted by Crippen LogP contribution is -2.39. The third-order valence-electron chi connectivity index (χ3n) is 2.49. The zero-order chi connectivity index (χ0) is 15.3. The maximum Gasteiger partial charge on any atom is 0.231 e. The molecule has 1 rings (SSSR count). The average molecular weight is 315 g/mol. The summed E-state index contributed by atoms with van der Waals surface area (Å²) in [6.07, 6.45) is 0. The van der Waals surface area contributed by atoms with Crippen LogP contribution >= 0.6 is 23.8 Å². The first-order valence-electron chi connectivity index (χ1n) is 5.66. The van der Waals surface area contributed by atoms with E-state index in [1.165, 1.54) is 4.90 Å². The fourth-order valence-corrected chi connectivity index (χ4v) is 2.05. The summed E-state index contributed by atoms with van der Waals surface area (Å²) < 4.78 is 0. The molecular formula is C12H15ClN4O2S. The summed E-state index contributed by atoms with van der Waals surface area (Å²) in [6, 6.07) is 5.08. The minimum atomic E-state index is -0.554. The van der Waals surface area contributed by atoms with Crippen molar-refractivity contribution in [1.82, 2.24) is 4.90 Å². The van der Waals surface area contributed by atoms with Crippen LogP contribution in [0.15, 0.2) is 18.2 Å². The van der Waals surface area contributed by atoms with E-state index in [0.29, 0.717) is 16.1 Å². The van der Waals surface area contributed by atoms with Crippen molar-refractivity contribution >= 4 is 40.6 Å². The minimum Gasteiger partial charge on any atom is -0.389 e. The van der Waals surface area contributed by atoms with Crippen molar-refractivity contribution < 1.29 is 9.59 Å². The van der Waals surface area contributed by atoms with Crippen LogP contribution in [0.2, 0.25) is 5.02 Å². The number of benzene rings is 1. The Labute approximate surface area is 126 Å². The van der Waals surface area contributed by atoms with Gasteiger partial charge in [-0.05, 0) is 11.6 Å². The van der Waals surface area contributed by atoms with Gasteiger partial charge in [-0.2, -0.15) is 0 Å². The van der Waals surface area contributed by atoms with Crippen LogP contribution in [0.1, 0.15) is 11.1 Å². The number of carbonyl (C=O) groups excluding carboxylic acids is 2. The van der Waals surface area contributed by atoms with Gasteiger partial charge >= 0.3 is 0 Å². The maximum atomic E-state index is 11.0. The number of halogens is 1. The Balaban J connectivity index is 2.90. The van der Waals surface area contributed by atoms with Crippen molar-refractivity contribution in [2.45, 2.75) is 6.54 Å². The van der Waals surface area contributed by atoms with Gasteiger partial charge in [0.1, 0.15) is 4.99 Å².